The number of aliphatic hydroxyl groups is 1. The first-order chi connectivity index (χ1) is 13.0. The zero-order valence-corrected chi connectivity index (χ0v) is 16.7. The minimum atomic E-state index is -0.790. The number of pyridine rings is 1. The number of hydrogen-bond acceptors (Lipinski definition) is 4. The number of aliphatic carboxylic acids is 1. The standard InChI is InChI=1S/C20H22BrN3O3/c1-2-15-7-8-18-20(13-9-14(21)11-22-10-13)16(5-3-4-6-19(26)27)17(12-25)23-24(15)18/h7-11,25H,2-6,12H2,1H3,(H,26,27). The van der Waals surface area contributed by atoms with Crippen LogP contribution in [-0.4, -0.2) is 30.8 Å². The van der Waals surface area contributed by atoms with E-state index in [0.29, 0.717) is 25.0 Å². The molecule has 0 unspecified atom stereocenters. The van der Waals surface area contributed by atoms with Gasteiger partial charge in [0.05, 0.1) is 17.8 Å². The number of carboxylic acid groups (broad SMARTS) is 1. The third kappa shape index (κ3) is 4.20. The SMILES string of the molecule is CCc1ccc2c(-c3cncc(Br)c3)c(CCCCC(=O)O)c(CO)nn12. The summed E-state index contributed by atoms with van der Waals surface area (Å²) in [6, 6.07) is 6.10. The molecule has 0 saturated heterocycles. The van der Waals surface area contributed by atoms with Gasteiger partial charge in [-0.15, -0.1) is 0 Å². The highest BCUT2D eigenvalue weighted by Crippen LogP contribution is 2.33. The van der Waals surface area contributed by atoms with Crippen molar-refractivity contribution >= 4 is 27.4 Å². The summed E-state index contributed by atoms with van der Waals surface area (Å²) in [5, 5.41) is 23.5. The molecule has 0 bridgehead atoms. The van der Waals surface area contributed by atoms with Crippen LogP contribution in [-0.2, 0) is 24.2 Å². The maximum atomic E-state index is 10.8. The van der Waals surface area contributed by atoms with Crippen LogP contribution in [0.5, 0.6) is 0 Å². The smallest absolute Gasteiger partial charge is 0.303 e. The highest BCUT2D eigenvalue weighted by atomic mass is 79.9. The Morgan fingerprint density at radius 2 is 2.07 bits per heavy atom. The maximum Gasteiger partial charge on any atom is 0.303 e. The second-order valence-electron chi connectivity index (χ2n) is 6.43. The van der Waals surface area contributed by atoms with E-state index in [0.717, 1.165) is 38.8 Å². The minimum absolute atomic E-state index is 0.142. The molecule has 0 aliphatic heterocycles. The lowest BCUT2D eigenvalue weighted by atomic mass is 9.95. The van der Waals surface area contributed by atoms with Crippen LogP contribution in [0.25, 0.3) is 16.6 Å². The molecule has 0 aliphatic carbocycles. The van der Waals surface area contributed by atoms with Gasteiger partial charge >= 0.3 is 5.97 Å². The van der Waals surface area contributed by atoms with Gasteiger partial charge in [0.2, 0.25) is 0 Å². The number of carboxylic acids is 1. The van der Waals surface area contributed by atoms with Gasteiger partial charge < -0.3 is 10.2 Å². The molecule has 0 fully saturated rings. The number of unbranched alkanes of at least 4 members (excludes halogenated alkanes) is 1. The van der Waals surface area contributed by atoms with Crippen molar-refractivity contribution in [2.24, 2.45) is 0 Å². The van der Waals surface area contributed by atoms with E-state index in [9.17, 15) is 9.90 Å². The van der Waals surface area contributed by atoms with Crippen molar-refractivity contribution in [2.75, 3.05) is 0 Å². The van der Waals surface area contributed by atoms with E-state index in [1.807, 2.05) is 22.7 Å². The van der Waals surface area contributed by atoms with Crippen LogP contribution >= 0.6 is 15.9 Å². The molecule has 3 heterocycles. The fourth-order valence-electron chi connectivity index (χ4n) is 3.37. The molecule has 3 rings (SSSR count). The molecule has 142 valence electrons. The molecule has 6 nitrogen and oxygen atoms in total. The Morgan fingerprint density at radius 3 is 2.74 bits per heavy atom. The molecule has 0 saturated carbocycles. The summed E-state index contributed by atoms with van der Waals surface area (Å²) in [7, 11) is 0. The van der Waals surface area contributed by atoms with Crippen molar-refractivity contribution in [3.8, 4) is 11.1 Å². The van der Waals surface area contributed by atoms with E-state index in [-0.39, 0.29) is 13.0 Å². The van der Waals surface area contributed by atoms with Gasteiger partial charge in [0.1, 0.15) is 0 Å². The molecular formula is C20H22BrN3O3. The molecule has 0 amide bonds. The molecule has 3 aromatic heterocycles. The fraction of sp³-hybridized carbons (Fsp3) is 0.350. The summed E-state index contributed by atoms with van der Waals surface area (Å²) in [5.74, 6) is -0.790. The summed E-state index contributed by atoms with van der Waals surface area (Å²) in [4.78, 5) is 15.1. The lowest BCUT2D eigenvalue weighted by Crippen LogP contribution is -2.09. The molecule has 0 aliphatic rings. The molecule has 0 aromatic carbocycles. The van der Waals surface area contributed by atoms with E-state index < -0.39 is 5.97 Å². The second-order valence-corrected chi connectivity index (χ2v) is 7.34. The van der Waals surface area contributed by atoms with Gasteiger partial charge in [-0.1, -0.05) is 6.92 Å². The first kappa shape index (κ1) is 19.5. The van der Waals surface area contributed by atoms with Gasteiger partial charge in [-0.3, -0.25) is 9.78 Å². The molecule has 27 heavy (non-hydrogen) atoms. The van der Waals surface area contributed by atoms with Gasteiger partial charge in [0, 0.05) is 40.1 Å². The van der Waals surface area contributed by atoms with Crippen molar-refractivity contribution in [3.05, 3.63) is 52.0 Å². The van der Waals surface area contributed by atoms with Crippen molar-refractivity contribution in [2.45, 2.75) is 45.6 Å². The molecule has 7 heteroatoms. The van der Waals surface area contributed by atoms with E-state index in [2.05, 4.69) is 32.9 Å². The third-order valence-corrected chi connectivity index (χ3v) is 5.07. The third-order valence-electron chi connectivity index (χ3n) is 4.63. The number of nitrogens with zero attached hydrogens (tertiary/aromatic N) is 3. The number of aryl methyl sites for hydroxylation is 1. The number of fused-ring (bicyclic) bond motifs is 1. The molecular weight excluding hydrogens is 410 g/mol. The lowest BCUT2D eigenvalue weighted by Gasteiger charge is -2.16. The first-order valence-corrected chi connectivity index (χ1v) is 9.80. The number of carbonyl (C=O) groups is 1. The monoisotopic (exact) mass is 431 g/mol. The van der Waals surface area contributed by atoms with Crippen LogP contribution in [0.4, 0.5) is 0 Å². The molecule has 3 aromatic rings. The summed E-state index contributed by atoms with van der Waals surface area (Å²) in [5.41, 5.74) is 5.56. The average Bonchev–Trinajstić information content (AvgIpc) is 3.06. The zero-order valence-electron chi connectivity index (χ0n) is 15.2. The largest absolute Gasteiger partial charge is 0.481 e. The normalized spacial score (nSPS) is 11.2. The molecule has 0 spiro atoms. The van der Waals surface area contributed by atoms with Gasteiger partial charge in [0.25, 0.3) is 0 Å². The van der Waals surface area contributed by atoms with Crippen LogP contribution in [0.2, 0.25) is 0 Å². The Hall–Kier alpha value is -2.25. The first-order valence-electron chi connectivity index (χ1n) is 9.01. The van der Waals surface area contributed by atoms with E-state index in [1.165, 1.54) is 0 Å². The Labute approximate surface area is 166 Å². The summed E-state index contributed by atoms with van der Waals surface area (Å²) >= 11 is 3.48. The van der Waals surface area contributed by atoms with Crippen molar-refractivity contribution in [1.82, 2.24) is 14.6 Å². The van der Waals surface area contributed by atoms with Crippen molar-refractivity contribution < 1.29 is 15.0 Å². The predicted octanol–water partition coefficient (Wildman–Crippen LogP) is 4.01. The van der Waals surface area contributed by atoms with E-state index in [1.54, 1.807) is 12.4 Å². The average molecular weight is 432 g/mol. The lowest BCUT2D eigenvalue weighted by molar-refractivity contribution is -0.137. The molecule has 0 atom stereocenters. The van der Waals surface area contributed by atoms with Crippen LogP contribution in [0, 0.1) is 0 Å². The summed E-state index contributed by atoms with van der Waals surface area (Å²) in [6.45, 7) is 1.90. The van der Waals surface area contributed by atoms with E-state index in [4.69, 9.17) is 5.11 Å². The number of halogens is 1. The van der Waals surface area contributed by atoms with Gasteiger partial charge in [0.15, 0.2) is 0 Å². The van der Waals surface area contributed by atoms with E-state index >= 15 is 0 Å². The van der Waals surface area contributed by atoms with Crippen LogP contribution < -0.4 is 0 Å². The number of aromatic nitrogens is 3. The Bertz CT molecular complexity index is 969. The highest BCUT2D eigenvalue weighted by molar-refractivity contribution is 9.10. The Morgan fingerprint density at radius 1 is 1.26 bits per heavy atom. The van der Waals surface area contributed by atoms with Gasteiger partial charge in [-0.2, -0.15) is 5.10 Å². The summed E-state index contributed by atoms with van der Waals surface area (Å²) < 4.78 is 2.77. The minimum Gasteiger partial charge on any atom is -0.481 e. The highest BCUT2D eigenvalue weighted by Gasteiger charge is 2.18. The number of hydrogen-bond donors (Lipinski definition) is 2. The topological polar surface area (TPSA) is 87.7 Å². The Balaban J connectivity index is 2.15. The van der Waals surface area contributed by atoms with Gasteiger partial charge in [-0.25, -0.2) is 4.52 Å². The fourth-order valence-corrected chi connectivity index (χ4v) is 3.74. The van der Waals surface area contributed by atoms with Crippen LogP contribution in [0.15, 0.2) is 35.1 Å². The van der Waals surface area contributed by atoms with Crippen molar-refractivity contribution in [3.63, 3.8) is 0 Å². The quantitative estimate of drug-likeness (QED) is 0.526. The molecule has 0 radical (unpaired) electrons. The van der Waals surface area contributed by atoms with Crippen LogP contribution in [0.3, 0.4) is 0 Å². The summed E-state index contributed by atoms with van der Waals surface area (Å²) in [6.07, 6.45) is 6.47. The van der Waals surface area contributed by atoms with Crippen LogP contribution in [0.1, 0.15) is 43.1 Å². The Kier molecular flexibility index (Phi) is 6.23. The number of rotatable bonds is 8. The second kappa shape index (κ2) is 8.63. The zero-order chi connectivity index (χ0) is 19.4. The molecule has 2 N–H and O–H groups in total. The predicted molar refractivity (Wildman–Crippen MR) is 107 cm³/mol. The van der Waals surface area contributed by atoms with Gasteiger partial charge in [-0.05, 0) is 65.4 Å². The maximum absolute atomic E-state index is 10.8. The number of aliphatic hydroxyl groups excluding tert-OH is 1. The van der Waals surface area contributed by atoms with Crippen molar-refractivity contribution in [1.29, 1.82) is 0 Å².